The van der Waals surface area contributed by atoms with Crippen LogP contribution in [0.2, 0.25) is 5.02 Å². The van der Waals surface area contributed by atoms with Gasteiger partial charge in [-0.15, -0.1) is 0 Å². The van der Waals surface area contributed by atoms with Crippen LogP contribution >= 0.6 is 11.6 Å². The van der Waals surface area contributed by atoms with Gasteiger partial charge in [-0.3, -0.25) is 4.79 Å². The Hall–Kier alpha value is -3.12. The molecular formula is C20H18ClN5O. The minimum absolute atomic E-state index is 0.0251. The lowest BCUT2D eigenvalue weighted by atomic mass is 10.2. The minimum atomic E-state index is -0.0251. The SMILES string of the molecule is O=C(CCn1ccc2ccc(Cl)cc21)Nc1ccc(Cn2cncn2)cc1. The van der Waals surface area contributed by atoms with Gasteiger partial charge in [0.1, 0.15) is 12.7 Å². The molecule has 7 heteroatoms. The van der Waals surface area contributed by atoms with Gasteiger partial charge in [0.15, 0.2) is 0 Å². The van der Waals surface area contributed by atoms with E-state index in [0.29, 0.717) is 24.5 Å². The van der Waals surface area contributed by atoms with E-state index in [9.17, 15) is 4.79 Å². The predicted molar refractivity (Wildman–Crippen MR) is 106 cm³/mol. The molecular weight excluding hydrogens is 362 g/mol. The number of halogens is 1. The Kier molecular flexibility index (Phi) is 4.89. The molecule has 0 saturated heterocycles. The van der Waals surface area contributed by atoms with Crippen LogP contribution in [0.15, 0.2) is 67.4 Å². The Morgan fingerprint density at radius 3 is 2.74 bits per heavy atom. The summed E-state index contributed by atoms with van der Waals surface area (Å²) in [4.78, 5) is 16.2. The molecule has 2 aromatic carbocycles. The van der Waals surface area contributed by atoms with Crippen molar-refractivity contribution in [3.05, 3.63) is 78.0 Å². The standard InChI is InChI=1S/C20H18ClN5O/c21-17-4-3-16-7-9-25(19(16)11-17)10-8-20(27)24-18-5-1-15(2-6-18)12-26-14-22-13-23-26/h1-7,9,11,13-14H,8,10,12H2,(H,24,27). The summed E-state index contributed by atoms with van der Waals surface area (Å²) in [5.41, 5.74) is 2.91. The van der Waals surface area contributed by atoms with Crippen molar-refractivity contribution in [2.75, 3.05) is 5.32 Å². The molecule has 2 aromatic heterocycles. The van der Waals surface area contributed by atoms with E-state index in [4.69, 9.17) is 11.6 Å². The van der Waals surface area contributed by atoms with Gasteiger partial charge in [-0.2, -0.15) is 5.10 Å². The van der Waals surface area contributed by atoms with Crippen LogP contribution in [0.3, 0.4) is 0 Å². The highest BCUT2D eigenvalue weighted by Gasteiger charge is 2.06. The fraction of sp³-hybridized carbons (Fsp3) is 0.150. The lowest BCUT2D eigenvalue weighted by Crippen LogP contribution is -2.14. The number of hydrogen-bond acceptors (Lipinski definition) is 3. The summed E-state index contributed by atoms with van der Waals surface area (Å²) in [6.45, 7) is 1.25. The maximum atomic E-state index is 12.3. The Morgan fingerprint density at radius 2 is 1.96 bits per heavy atom. The van der Waals surface area contributed by atoms with E-state index in [0.717, 1.165) is 22.2 Å². The number of anilines is 1. The topological polar surface area (TPSA) is 64.7 Å². The lowest BCUT2D eigenvalue weighted by molar-refractivity contribution is -0.116. The van der Waals surface area contributed by atoms with Crippen LogP contribution in [0.5, 0.6) is 0 Å². The summed E-state index contributed by atoms with van der Waals surface area (Å²) in [7, 11) is 0. The number of fused-ring (bicyclic) bond motifs is 1. The summed E-state index contributed by atoms with van der Waals surface area (Å²) in [5.74, 6) is -0.0251. The van der Waals surface area contributed by atoms with Crippen molar-refractivity contribution in [3.63, 3.8) is 0 Å². The summed E-state index contributed by atoms with van der Waals surface area (Å²) < 4.78 is 3.79. The van der Waals surface area contributed by atoms with Crippen LogP contribution in [-0.2, 0) is 17.9 Å². The van der Waals surface area contributed by atoms with Crippen molar-refractivity contribution in [3.8, 4) is 0 Å². The van der Waals surface area contributed by atoms with Gasteiger partial charge in [0.2, 0.25) is 5.91 Å². The zero-order valence-electron chi connectivity index (χ0n) is 14.5. The quantitative estimate of drug-likeness (QED) is 0.551. The molecule has 0 aliphatic heterocycles. The van der Waals surface area contributed by atoms with Gasteiger partial charge in [0.05, 0.1) is 6.54 Å². The highest BCUT2D eigenvalue weighted by molar-refractivity contribution is 6.31. The third-order valence-electron chi connectivity index (χ3n) is 4.36. The average Bonchev–Trinajstić information content (AvgIpc) is 3.31. The molecule has 27 heavy (non-hydrogen) atoms. The molecule has 4 rings (SSSR count). The van der Waals surface area contributed by atoms with Gasteiger partial charge in [0, 0.05) is 35.4 Å². The number of hydrogen-bond donors (Lipinski definition) is 1. The molecule has 0 spiro atoms. The maximum absolute atomic E-state index is 12.3. The van der Waals surface area contributed by atoms with Crippen LogP contribution in [0, 0.1) is 0 Å². The van der Waals surface area contributed by atoms with E-state index in [1.54, 1.807) is 11.0 Å². The van der Waals surface area contributed by atoms with Crippen LogP contribution in [0.25, 0.3) is 10.9 Å². The van der Waals surface area contributed by atoms with Crippen molar-refractivity contribution in [2.24, 2.45) is 0 Å². The van der Waals surface area contributed by atoms with Crippen molar-refractivity contribution < 1.29 is 4.79 Å². The second-order valence-electron chi connectivity index (χ2n) is 6.30. The highest BCUT2D eigenvalue weighted by atomic mass is 35.5. The predicted octanol–water partition coefficient (Wildman–Crippen LogP) is 3.96. The number of nitrogens with zero attached hydrogens (tertiary/aromatic N) is 4. The van der Waals surface area contributed by atoms with E-state index in [1.807, 2.05) is 59.3 Å². The Bertz CT molecular complexity index is 1050. The number of carbonyl (C=O) groups excluding carboxylic acids is 1. The van der Waals surface area contributed by atoms with Crippen molar-refractivity contribution in [2.45, 2.75) is 19.5 Å². The van der Waals surface area contributed by atoms with E-state index >= 15 is 0 Å². The summed E-state index contributed by atoms with van der Waals surface area (Å²) in [5, 5.41) is 8.83. The number of aromatic nitrogens is 4. The monoisotopic (exact) mass is 379 g/mol. The van der Waals surface area contributed by atoms with Gasteiger partial charge < -0.3 is 9.88 Å². The van der Waals surface area contributed by atoms with E-state index in [-0.39, 0.29) is 5.91 Å². The zero-order valence-corrected chi connectivity index (χ0v) is 15.3. The van der Waals surface area contributed by atoms with Crippen LogP contribution < -0.4 is 5.32 Å². The normalized spacial score (nSPS) is 11.0. The minimum Gasteiger partial charge on any atom is -0.347 e. The molecule has 0 atom stereocenters. The number of amides is 1. The van der Waals surface area contributed by atoms with Gasteiger partial charge in [-0.05, 0) is 41.3 Å². The largest absolute Gasteiger partial charge is 0.347 e. The molecule has 4 aromatic rings. The second-order valence-corrected chi connectivity index (χ2v) is 6.74. The van der Waals surface area contributed by atoms with Crippen molar-refractivity contribution >= 4 is 34.1 Å². The first-order chi connectivity index (χ1) is 13.2. The van der Waals surface area contributed by atoms with Crippen LogP contribution in [0.4, 0.5) is 5.69 Å². The second kappa shape index (κ2) is 7.63. The smallest absolute Gasteiger partial charge is 0.226 e. The number of aryl methyl sites for hydroxylation is 1. The molecule has 136 valence electrons. The molecule has 1 amide bonds. The molecule has 2 heterocycles. The van der Waals surface area contributed by atoms with E-state index in [1.165, 1.54) is 6.33 Å². The maximum Gasteiger partial charge on any atom is 0.226 e. The van der Waals surface area contributed by atoms with Crippen LogP contribution in [-0.4, -0.2) is 25.2 Å². The number of benzene rings is 2. The fourth-order valence-electron chi connectivity index (χ4n) is 2.99. The molecule has 6 nitrogen and oxygen atoms in total. The molecule has 0 unspecified atom stereocenters. The van der Waals surface area contributed by atoms with Gasteiger partial charge in [0.25, 0.3) is 0 Å². The molecule has 0 aliphatic carbocycles. The van der Waals surface area contributed by atoms with Gasteiger partial charge in [-0.1, -0.05) is 29.8 Å². The first-order valence-corrected chi connectivity index (χ1v) is 9.01. The lowest BCUT2D eigenvalue weighted by Gasteiger charge is -2.08. The van der Waals surface area contributed by atoms with Crippen molar-refractivity contribution in [1.82, 2.24) is 19.3 Å². The first-order valence-electron chi connectivity index (χ1n) is 8.63. The molecule has 1 N–H and O–H groups in total. The number of carbonyl (C=O) groups is 1. The Morgan fingerprint density at radius 1 is 1.11 bits per heavy atom. The van der Waals surface area contributed by atoms with Crippen LogP contribution in [0.1, 0.15) is 12.0 Å². The molecule has 0 bridgehead atoms. The Balaban J connectivity index is 1.34. The highest BCUT2D eigenvalue weighted by Crippen LogP contribution is 2.21. The number of nitrogens with one attached hydrogen (secondary N) is 1. The molecule has 0 aliphatic rings. The Labute approximate surface area is 161 Å². The molecule has 0 fully saturated rings. The van der Waals surface area contributed by atoms with Crippen molar-refractivity contribution in [1.29, 1.82) is 0 Å². The van der Waals surface area contributed by atoms with E-state index < -0.39 is 0 Å². The molecule has 0 radical (unpaired) electrons. The third kappa shape index (κ3) is 4.17. The van der Waals surface area contributed by atoms with Gasteiger partial charge >= 0.3 is 0 Å². The molecule has 0 saturated carbocycles. The first kappa shape index (κ1) is 17.3. The summed E-state index contributed by atoms with van der Waals surface area (Å²) in [6.07, 6.45) is 5.55. The third-order valence-corrected chi connectivity index (χ3v) is 4.60. The summed E-state index contributed by atoms with van der Waals surface area (Å²) >= 11 is 6.07. The average molecular weight is 380 g/mol. The number of rotatable bonds is 6. The zero-order chi connectivity index (χ0) is 18.6. The summed E-state index contributed by atoms with van der Waals surface area (Å²) in [6, 6.07) is 15.5. The van der Waals surface area contributed by atoms with Gasteiger partial charge in [-0.25, -0.2) is 9.67 Å². The fourth-order valence-corrected chi connectivity index (χ4v) is 3.16. The van der Waals surface area contributed by atoms with E-state index in [2.05, 4.69) is 15.4 Å².